The number of carboxylic acids is 1. The van der Waals surface area contributed by atoms with E-state index in [1.54, 1.807) is 14.0 Å². The lowest BCUT2D eigenvalue weighted by atomic mass is 9.99. The molecule has 20 heavy (non-hydrogen) atoms. The zero-order chi connectivity index (χ0) is 15.1. The van der Waals surface area contributed by atoms with Gasteiger partial charge < -0.3 is 15.2 Å². The number of rotatable bonds is 7. The Kier molecular flexibility index (Phi) is 6.03. The molecule has 0 aliphatic carbocycles. The Morgan fingerprint density at radius 3 is 2.65 bits per heavy atom. The summed E-state index contributed by atoms with van der Waals surface area (Å²) < 4.78 is 5.13. The minimum Gasteiger partial charge on any atom is -0.497 e. The topological polar surface area (TPSA) is 75.6 Å². The van der Waals surface area contributed by atoms with E-state index in [0.29, 0.717) is 12.3 Å². The lowest BCUT2D eigenvalue weighted by molar-refractivity contribution is -0.138. The van der Waals surface area contributed by atoms with E-state index in [-0.39, 0.29) is 24.2 Å². The molecule has 0 spiro atoms. The number of carbonyl (C=O) groups is 2. The molecule has 1 rings (SSSR count). The number of hydrogen-bond donors (Lipinski definition) is 2. The van der Waals surface area contributed by atoms with Gasteiger partial charge in [0.25, 0.3) is 0 Å². The summed E-state index contributed by atoms with van der Waals surface area (Å²) in [5.41, 5.74) is 0.868. The molecule has 0 aromatic heterocycles. The van der Waals surface area contributed by atoms with Crippen molar-refractivity contribution in [2.75, 3.05) is 13.7 Å². The van der Waals surface area contributed by atoms with Gasteiger partial charge in [-0.3, -0.25) is 9.59 Å². The molecule has 1 aromatic rings. The quantitative estimate of drug-likeness (QED) is 0.800. The lowest BCUT2D eigenvalue weighted by Crippen LogP contribution is -2.32. The number of hydrogen-bond acceptors (Lipinski definition) is 3. The van der Waals surface area contributed by atoms with Crippen molar-refractivity contribution in [3.63, 3.8) is 0 Å². The lowest BCUT2D eigenvalue weighted by Gasteiger charge is -2.15. The van der Waals surface area contributed by atoms with Gasteiger partial charge in [0.15, 0.2) is 0 Å². The van der Waals surface area contributed by atoms with E-state index in [2.05, 4.69) is 5.32 Å². The van der Waals surface area contributed by atoms with E-state index >= 15 is 0 Å². The van der Waals surface area contributed by atoms with Crippen molar-refractivity contribution in [3.8, 4) is 5.75 Å². The van der Waals surface area contributed by atoms with Crippen molar-refractivity contribution < 1.29 is 19.4 Å². The summed E-state index contributed by atoms with van der Waals surface area (Å²) in [7, 11) is 1.58. The molecule has 0 fully saturated rings. The van der Waals surface area contributed by atoms with Gasteiger partial charge in [-0.05, 0) is 30.5 Å². The first-order valence-corrected chi connectivity index (χ1v) is 6.57. The summed E-state index contributed by atoms with van der Waals surface area (Å²) in [5.74, 6) is -0.652. The fourth-order valence-electron chi connectivity index (χ4n) is 1.86. The molecule has 0 saturated heterocycles. The third kappa shape index (κ3) is 4.91. The molecule has 0 saturated carbocycles. The average Bonchev–Trinajstić information content (AvgIpc) is 2.43. The second-order valence-electron chi connectivity index (χ2n) is 4.95. The van der Waals surface area contributed by atoms with Crippen LogP contribution in [0.15, 0.2) is 24.3 Å². The van der Waals surface area contributed by atoms with Gasteiger partial charge in [0.2, 0.25) is 5.91 Å². The van der Waals surface area contributed by atoms with Gasteiger partial charge in [-0.25, -0.2) is 0 Å². The maximum absolute atomic E-state index is 12.0. The van der Waals surface area contributed by atoms with Gasteiger partial charge in [-0.15, -0.1) is 0 Å². The van der Waals surface area contributed by atoms with Crippen LogP contribution >= 0.6 is 0 Å². The minimum absolute atomic E-state index is 0.0494. The van der Waals surface area contributed by atoms with E-state index in [0.717, 1.165) is 5.56 Å². The predicted octanol–water partition coefficient (Wildman–Crippen LogP) is 2.03. The third-order valence-electron chi connectivity index (χ3n) is 3.13. The van der Waals surface area contributed by atoms with Crippen LogP contribution in [0.25, 0.3) is 0 Å². The standard InChI is InChI=1S/C15H21NO4/c1-10(7-14(17)18)9-16-15(19)11(2)12-5-4-6-13(8-12)20-3/h4-6,8,10-11H,7,9H2,1-3H3,(H,16,19)(H,17,18). The van der Waals surface area contributed by atoms with Crippen molar-refractivity contribution in [1.29, 1.82) is 0 Å². The van der Waals surface area contributed by atoms with E-state index in [1.165, 1.54) is 0 Å². The maximum atomic E-state index is 12.0. The van der Waals surface area contributed by atoms with Crippen LogP contribution in [0.4, 0.5) is 0 Å². The number of ether oxygens (including phenoxy) is 1. The smallest absolute Gasteiger partial charge is 0.303 e. The molecule has 0 heterocycles. The van der Waals surface area contributed by atoms with Gasteiger partial charge in [-0.1, -0.05) is 19.1 Å². The van der Waals surface area contributed by atoms with E-state index in [4.69, 9.17) is 9.84 Å². The highest BCUT2D eigenvalue weighted by molar-refractivity contribution is 5.83. The second-order valence-corrected chi connectivity index (χ2v) is 4.95. The molecule has 2 atom stereocenters. The Labute approximate surface area is 118 Å². The third-order valence-corrected chi connectivity index (χ3v) is 3.13. The Bertz CT molecular complexity index is 473. The Hall–Kier alpha value is -2.04. The van der Waals surface area contributed by atoms with Crippen molar-refractivity contribution >= 4 is 11.9 Å². The zero-order valence-corrected chi connectivity index (χ0v) is 12.1. The number of amides is 1. The first-order valence-electron chi connectivity index (χ1n) is 6.57. The molecule has 0 aliphatic heterocycles. The minimum atomic E-state index is -0.854. The molecule has 0 aliphatic rings. The van der Waals surface area contributed by atoms with Gasteiger partial charge in [-0.2, -0.15) is 0 Å². The SMILES string of the molecule is COc1cccc(C(C)C(=O)NCC(C)CC(=O)O)c1. The number of benzene rings is 1. The largest absolute Gasteiger partial charge is 0.497 e. The first kappa shape index (κ1) is 16.0. The Balaban J connectivity index is 2.56. The van der Waals surface area contributed by atoms with Crippen LogP contribution in [0, 0.1) is 5.92 Å². The molecular formula is C15H21NO4. The van der Waals surface area contributed by atoms with E-state index in [1.807, 2.05) is 31.2 Å². The molecule has 2 N–H and O–H groups in total. The molecule has 5 nitrogen and oxygen atoms in total. The zero-order valence-electron chi connectivity index (χ0n) is 12.1. The highest BCUT2D eigenvalue weighted by Crippen LogP contribution is 2.20. The normalized spacial score (nSPS) is 13.3. The van der Waals surface area contributed by atoms with Crippen LogP contribution in [0.2, 0.25) is 0 Å². The van der Waals surface area contributed by atoms with Gasteiger partial charge >= 0.3 is 5.97 Å². The molecule has 2 unspecified atom stereocenters. The van der Waals surface area contributed by atoms with Crippen LogP contribution in [-0.4, -0.2) is 30.6 Å². The monoisotopic (exact) mass is 279 g/mol. The first-order chi connectivity index (χ1) is 9.43. The highest BCUT2D eigenvalue weighted by atomic mass is 16.5. The summed E-state index contributed by atoms with van der Waals surface area (Å²) >= 11 is 0. The highest BCUT2D eigenvalue weighted by Gasteiger charge is 2.17. The maximum Gasteiger partial charge on any atom is 0.303 e. The van der Waals surface area contributed by atoms with E-state index in [9.17, 15) is 9.59 Å². The number of nitrogens with one attached hydrogen (secondary N) is 1. The Morgan fingerprint density at radius 2 is 2.05 bits per heavy atom. The number of carboxylic acid groups (broad SMARTS) is 1. The van der Waals surface area contributed by atoms with Crippen molar-refractivity contribution in [1.82, 2.24) is 5.32 Å². The number of methoxy groups -OCH3 is 1. The molecule has 1 aromatic carbocycles. The fourth-order valence-corrected chi connectivity index (χ4v) is 1.86. The van der Waals surface area contributed by atoms with Crippen LogP contribution < -0.4 is 10.1 Å². The predicted molar refractivity (Wildman–Crippen MR) is 75.8 cm³/mol. The average molecular weight is 279 g/mol. The van der Waals surface area contributed by atoms with E-state index < -0.39 is 5.97 Å². The van der Waals surface area contributed by atoms with Crippen LogP contribution in [-0.2, 0) is 9.59 Å². The van der Waals surface area contributed by atoms with Crippen LogP contribution in [0.5, 0.6) is 5.75 Å². The Morgan fingerprint density at radius 1 is 1.35 bits per heavy atom. The molecule has 1 amide bonds. The molecular weight excluding hydrogens is 258 g/mol. The van der Waals surface area contributed by atoms with Crippen molar-refractivity contribution in [3.05, 3.63) is 29.8 Å². The second kappa shape index (κ2) is 7.53. The van der Waals surface area contributed by atoms with Crippen LogP contribution in [0.1, 0.15) is 31.7 Å². The number of aliphatic carboxylic acids is 1. The van der Waals surface area contributed by atoms with Gasteiger partial charge in [0, 0.05) is 13.0 Å². The molecule has 5 heteroatoms. The number of carbonyl (C=O) groups excluding carboxylic acids is 1. The summed E-state index contributed by atoms with van der Waals surface area (Å²) in [5, 5.41) is 11.4. The summed E-state index contributed by atoms with van der Waals surface area (Å²) in [6.07, 6.45) is 0.0494. The molecule has 0 bridgehead atoms. The summed E-state index contributed by atoms with van der Waals surface area (Å²) in [6, 6.07) is 7.35. The fraction of sp³-hybridized carbons (Fsp3) is 0.467. The molecule has 0 radical (unpaired) electrons. The van der Waals surface area contributed by atoms with Gasteiger partial charge in [0.05, 0.1) is 13.0 Å². The van der Waals surface area contributed by atoms with Crippen molar-refractivity contribution in [2.24, 2.45) is 5.92 Å². The molecule has 110 valence electrons. The van der Waals surface area contributed by atoms with Crippen LogP contribution in [0.3, 0.4) is 0 Å². The summed E-state index contributed by atoms with van der Waals surface area (Å²) in [6.45, 7) is 3.97. The summed E-state index contributed by atoms with van der Waals surface area (Å²) in [4.78, 5) is 22.6. The van der Waals surface area contributed by atoms with Crippen molar-refractivity contribution in [2.45, 2.75) is 26.2 Å². The van der Waals surface area contributed by atoms with Gasteiger partial charge in [0.1, 0.15) is 5.75 Å².